The lowest BCUT2D eigenvalue weighted by Gasteiger charge is -1.97. The predicted molar refractivity (Wildman–Crippen MR) is 47.7 cm³/mol. The third kappa shape index (κ3) is 8.68. The van der Waals surface area contributed by atoms with E-state index < -0.39 is 0 Å². The first-order chi connectivity index (χ1) is 4.41. The molecular weight excluding hydrogens is 151 g/mol. The molecule has 0 aliphatic heterocycles. The van der Waals surface area contributed by atoms with Crippen molar-refractivity contribution in [1.82, 2.24) is 5.23 Å². The minimum absolute atomic E-state index is 0.758. The van der Waals surface area contributed by atoms with E-state index in [0.717, 1.165) is 24.6 Å². The molecule has 0 saturated heterocycles. The zero-order valence-electron chi connectivity index (χ0n) is 5.30. The lowest BCUT2D eigenvalue weighted by atomic mass is 10.4. The summed E-state index contributed by atoms with van der Waals surface area (Å²) in [4.78, 5) is 0. The molecule has 0 aromatic carbocycles. The average Bonchev–Trinajstić information content (AvgIpc) is 1.89. The highest BCUT2D eigenvalue weighted by Gasteiger charge is 1.85. The number of nitrogens with two attached hydrogens (primary N) is 1. The molecule has 0 aliphatic carbocycles. The normalized spacial score (nSPS) is 9.89. The summed E-state index contributed by atoms with van der Waals surface area (Å²) in [5.74, 6) is 2.07. The highest BCUT2D eigenvalue weighted by Crippen LogP contribution is 2.18. The van der Waals surface area contributed by atoms with Gasteiger partial charge in [0.1, 0.15) is 0 Å². The van der Waals surface area contributed by atoms with Crippen molar-refractivity contribution in [3.63, 3.8) is 0 Å². The van der Waals surface area contributed by atoms with Gasteiger partial charge < -0.3 is 11.0 Å². The largest absolute Gasteiger partial charge is 0.365 e. The average molecular weight is 162 g/mol. The summed E-state index contributed by atoms with van der Waals surface area (Å²) in [7, 11) is 8.63. The molecule has 0 aliphatic rings. The Bertz CT molecular complexity index is 49.8. The van der Waals surface area contributed by atoms with E-state index in [1.807, 2.05) is 0 Å². The number of hydrogen-bond acceptors (Lipinski definition) is 4. The number of rotatable bonds is 6. The zero-order valence-corrected chi connectivity index (χ0v) is 6.93. The van der Waals surface area contributed by atoms with Crippen LogP contribution >= 0.6 is 21.6 Å². The van der Waals surface area contributed by atoms with E-state index in [2.05, 4.69) is 5.23 Å². The van der Waals surface area contributed by atoms with Crippen molar-refractivity contribution in [1.29, 1.82) is 0 Å². The van der Waals surface area contributed by atoms with E-state index in [0.29, 0.717) is 0 Å². The van der Waals surface area contributed by atoms with Crippen LogP contribution in [0.5, 0.6) is 0 Å². The molecule has 3 N–H and O–H groups in total. The molecule has 2 radical (unpaired) electrons. The summed E-state index contributed by atoms with van der Waals surface area (Å²) in [6, 6.07) is 0. The summed E-state index contributed by atoms with van der Waals surface area (Å²) in [6.45, 7) is 1.62. The van der Waals surface area contributed by atoms with Crippen molar-refractivity contribution in [2.45, 2.75) is 0 Å². The Morgan fingerprint density at radius 2 is 2.00 bits per heavy atom. The van der Waals surface area contributed by atoms with Crippen molar-refractivity contribution in [3.05, 3.63) is 0 Å². The fraction of sp³-hybridized carbons (Fsp3) is 1.00. The Morgan fingerprint density at radius 1 is 1.33 bits per heavy atom. The second-order valence-corrected chi connectivity index (χ2v) is 4.09. The Labute approximate surface area is 65.5 Å². The quantitative estimate of drug-likeness (QED) is 0.327. The van der Waals surface area contributed by atoms with Gasteiger partial charge in [-0.15, -0.1) is 0 Å². The zero-order chi connectivity index (χ0) is 6.95. The van der Waals surface area contributed by atoms with Crippen LogP contribution in [0.25, 0.3) is 0 Å². The first kappa shape index (κ1) is 9.68. The van der Waals surface area contributed by atoms with Gasteiger partial charge in [0.2, 0.25) is 0 Å². The van der Waals surface area contributed by atoms with E-state index in [1.165, 1.54) is 0 Å². The molecule has 0 aromatic heterocycles. The molecule has 0 heterocycles. The highest BCUT2D eigenvalue weighted by molar-refractivity contribution is 8.76. The second-order valence-electron chi connectivity index (χ2n) is 1.39. The Balaban J connectivity index is 2.60. The van der Waals surface area contributed by atoms with Gasteiger partial charge in [-0.05, 0) is 6.54 Å². The Kier molecular flexibility index (Phi) is 9.35. The van der Waals surface area contributed by atoms with E-state index >= 15 is 0 Å². The van der Waals surface area contributed by atoms with Crippen molar-refractivity contribution in [2.24, 2.45) is 5.73 Å². The minimum atomic E-state index is 0.758. The van der Waals surface area contributed by atoms with Crippen LogP contribution in [0.1, 0.15) is 0 Å². The number of hydrogen-bond donors (Lipinski definition) is 2. The summed E-state index contributed by atoms with van der Waals surface area (Å²) < 4.78 is 0. The van der Waals surface area contributed by atoms with Crippen LogP contribution < -0.4 is 11.0 Å². The predicted octanol–water partition coefficient (Wildman–Crippen LogP) is -0.000400. The maximum atomic E-state index is 5.27. The lowest BCUT2D eigenvalue weighted by molar-refractivity contribution is 1.03. The van der Waals surface area contributed by atoms with Gasteiger partial charge >= 0.3 is 0 Å². The molecular formula is C4H11BN2S2. The first-order valence-electron chi connectivity index (χ1n) is 2.79. The van der Waals surface area contributed by atoms with Crippen LogP contribution in [0.2, 0.25) is 0 Å². The number of nitrogens with one attached hydrogen (secondary N) is 1. The molecule has 5 heteroatoms. The molecule has 9 heavy (non-hydrogen) atoms. The van der Waals surface area contributed by atoms with Gasteiger partial charge in [-0.1, -0.05) is 21.6 Å². The summed E-state index contributed by atoms with van der Waals surface area (Å²) in [5, 5.41) is 2.58. The standard InChI is InChI=1S/C4H11BN2S2/c5-7-2-4-9-8-3-1-6/h7H,1-4,6H2. The molecule has 0 fully saturated rings. The monoisotopic (exact) mass is 162 g/mol. The van der Waals surface area contributed by atoms with Gasteiger partial charge in [0, 0.05) is 18.1 Å². The smallest absolute Gasteiger partial charge is 0.177 e. The summed E-state index contributed by atoms with van der Waals surface area (Å²) in [6.07, 6.45) is 0. The fourth-order valence-electron chi connectivity index (χ4n) is 0.267. The maximum Gasteiger partial charge on any atom is 0.177 e. The van der Waals surface area contributed by atoms with E-state index in [9.17, 15) is 0 Å². The molecule has 0 rings (SSSR count). The van der Waals surface area contributed by atoms with Crippen molar-refractivity contribution < 1.29 is 0 Å². The van der Waals surface area contributed by atoms with E-state index in [1.54, 1.807) is 21.6 Å². The summed E-state index contributed by atoms with van der Waals surface area (Å²) >= 11 is 0. The lowest BCUT2D eigenvalue weighted by Crippen LogP contribution is -2.11. The molecule has 0 bridgehead atoms. The Morgan fingerprint density at radius 3 is 2.56 bits per heavy atom. The SMILES string of the molecule is [B]NCCSSCCN. The third-order valence-corrected chi connectivity index (χ3v) is 3.05. The van der Waals surface area contributed by atoms with Crippen molar-refractivity contribution in [3.8, 4) is 0 Å². The Hall–Kier alpha value is 0.685. The van der Waals surface area contributed by atoms with Crippen LogP contribution in [0.15, 0.2) is 0 Å². The summed E-state index contributed by atoms with van der Waals surface area (Å²) in [5.41, 5.74) is 5.27. The van der Waals surface area contributed by atoms with Crippen LogP contribution in [0.4, 0.5) is 0 Å². The molecule has 52 valence electrons. The van der Waals surface area contributed by atoms with Crippen molar-refractivity contribution >= 4 is 29.6 Å². The topological polar surface area (TPSA) is 38.0 Å². The van der Waals surface area contributed by atoms with Crippen molar-refractivity contribution in [2.75, 3.05) is 24.6 Å². The first-order valence-corrected chi connectivity index (χ1v) is 5.28. The maximum absolute atomic E-state index is 5.27. The molecule has 0 amide bonds. The fourth-order valence-corrected chi connectivity index (χ4v) is 2.05. The van der Waals surface area contributed by atoms with Gasteiger partial charge in [0.15, 0.2) is 7.98 Å². The molecule has 0 saturated carbocycles. The molecule has 0 spiro atoms. The highest BCUT2D eigenvalue weighted by atomic mass is 33.1. The van der Waals surface area contributed by atoms with Crippen LogP contribution in [0, 0.1) is 0 Å². The van der Waals surface area contributed by atoms with Crippen LogP contribution in [-0.4, -0.2) is 32.6 Å². The second kappa shape index (κ2) is 8.68. The van der Waals surface area contributed by atoms with Gasteiger partial charge in [-0.25, -0.2) is 0 Å². The van der Waals surface area contributed by atoms with Gasteiger partial charge in [0.05, 0.1) is 0 Å². The van der Waals surface area contributed by atoms with Gasteiger partial charge in [-0.3, -0.25) is 0 Å². The van der Waals surface area contributed by atoms with Gasteiger partial charge in [0.25, 0.3) is 0 Å². The van der Waals surface area contributed by atoms with Crippen LogP contribution in [0.3, 0.4) is 0 Å². The van der Waals surface area contributed by atoms with E-state index in [4.69, 9.17) is 13.7 Å². The van der Waals surface area contributed by atoms with Gasteiger partial charge in [-0.2, -0.15) is 0 Å². The van der Waals surface area contributed by atoms with Crippen LogP contribution in [-0.2, 0) is 0 Å². The molecule has 0 atom stereocenters. The molecule has 0 unspecified atom stereocenters. The molecule has 2 nitrogen and oxygen atoms in total. The third-order valence-electron chi connectivity index (χ3n) is 0.614. The molecule has 0 aromatic rings. The minimum Gasteiger partial charge on any atom is -0.365 e. The van der Waals surface area contributed by atoms with E-state index in [-0.39, 0.29) is 0 Å².